The monoisotopic (exact) mass is 282 g/mol. The lowest BCUT2D eigenvalue weighted by molar-refractivity contribution is 0.294. The van der Waals surface area contributed by atoms with Crippen molar-refractivity contribution in [3.8, 4) is 0 Å². The molecule has 2 rings (SSSR count). The van der Waals surface area contributed by atoms with Crippen LogP contribution in [-0.2, 0) is 9.84 Å². The first-order valence-corrected chi connectivity index (χ1v) is 8.69. The lowest BCUT2D eigenvalue weighted by Gasteiger charge is -2.19. The highest BCUT2D eigenvalue weighted by molar-refractivity contribution is 7.91. The Kier molecular flexibility index (Phi) is 5.22. The van der Waals surface area contributed by atoms with E-state index in [-0.39, 0.29) is 0 Å². The van der Waals surface area contributed by atoms with Crippen LogP contribution in [0.1, 0.15) is 12.8 Å². The molecule has 1 saturated heterocycles. The van der Waals surface area contributed by atoms with Crippen LogP contribution in [-0.4, -0.2) is 51.0 Å². The Hall–Kier alpha value is -1.07. The maximum atomic E-state index is 11.5. The van der Waals surface area contributed by atoms with E-state index in [1.165, 1.54) is 0 Å². The topological polar surface area (TPSA) is 49.4 Å². The molecule has 1 heterocycles. The molecule has 0 atom stereocenters. The maximum absolute atomic E-state index is 11.5. The van der Waals surface area contributed by atoms with Crippen LogP contribution in [0.2, 0.25) is 0 Å². The first-order valence-electron chi connectivity index (χ1n) is 6.87. The second-order valence-corrected chi connectivity index (χ2v) is 7.30. The fraction of sp³-hybridized carbons (Fsp3) is 0.571. The standard InChI is InChI=1S/C14H22N2O2S/c17-19(18)12-5-10-16(11-13-19)9-4-8-15-14-6-2-1-3-7-14/h1-3,6-7,15H,4-5,8-13H2. The van der Waals surface area contributed by atoms with E-state index in [4.69, 9.17) is 0 Å². The molecule has 106 valence electrons. The Morgan fingerprint density at radius 3 is 2.68 bits per heavy atom. The predicted octanol–water partition coefficient (Wildman–Crippen LogP) is 1.61. The van der Waals surface area contributed by atoms with Crippen molar-refractivity contribution in [2.24, 2.45) is 0 Å². The van der Waals surface area contributed by atoms with Gasteiger partial charge >= 0.3 is 0 Å². The van der Waals surface area contributed by atoms with E-state index in [9.17, 15) is 8.42 Å². The average Bonchev–Trinajstić information content (AvgIpc) is 2.57. The van der Waals surface area contributed by atoms with Crippen LogP contribution in [0.15, 0.2) is 30.3 Å². The van der Waals surface area contributed by atoms with Crippen molar-refractivity contribution in [2.45, 2.75) is 12.8 Å². The van der Waals surface area contributed by atoms with E-state index in [1.54, 1.807) is 0 Å². The second kappa shape index (κ2) is 6.91. The SMILES string of the molecule is O=S1(=O)CCCN(CCCNc2ccccc2)CC1. The molecule has 0 aromatic heterocycles. The molecule has 5 heteroatoms. The number of sulfone groups is 1. The summed E-state index contributed by atoms with van der Waals surface area (Å²) in [6, 6.07) is 10.1. The number of rotatable bonds is 5. The zero-order valence-corrected chi connectivity index (χ0v) is 12.0. The molecule has 1 aliphatic heterocycles. The summed E-state index contributed by atoms with van der Waals surface area (Å²) in [5, 5.41) is 3.37. The number of hydrogen-bond acceptors (Lipinski definition) is 4. The van der Waals surface area contributed by atoms with Crippen molar-refractivity contribution in [3.63, 3.8) is 0 Å². The highest BCUT2D eigenvalue weighted by Gasteiger charge is 2.18. The average molecular weight is 282 g/mol. The Labute approximate surface area is 115 Å². The van der Waals surface area contributed by atoms with E-state index in [2.05, 4.69) is 22.3 Å². The summed E-state index contributed by atoms with van der Waals surface area (Å²) >= 11 is 0. The molecule has 4 nitrogen and oxygen atoms in total. The molecule has 1 N–H and O–H groups in total. The van der Waals surface area contributed by atoms with Gasteiger partial charge in [-0.1, -0.05) is 18.2 Å². The van der Waals surface area contributed by atoms with Gasteiger partial charge in [-0.25, -0.2) is 8.42 Å². The fourth-order valence-electron chi connectivity index (χ4n) is 2.31. The van der Waals surface area contributed by atoms with Gasteiger partial charge in [-0.2, -0.15) is 0 Å². The third-order valence-electron chi connectivity index (χ3n) is 3.40. The molecule has 1 aromatic rings. The van der Waals surface area contributed by atoms with Crippen molar-refractivity contribution >= 4 is 15.5 Å². The third kappa shape index (κ3) is 5.20. The number of hydrogen-bond donors (Lipinski definition) is 1. The summed E-state index contributed by atoms with van der Waals surface area (Å²) in [6.45, 7) is 3.49. The first kappa shape index (κ1) is 14.3. The van der Waals surface area contributed by atoms with Crippen molar-refractivity contribution in [3.05, 3.63) is 30.3 Å². The van der Waals surface area contributed by atoms with Crippen molar-refractivity contribution in [1.82, 2.24) is 4.90 Å². The summed E-state index contributed by atoms with van der Waals surface area (Å²) in [4.78, 5) is 2.26. The Bertz CT molecular complexity index is 473. The quantitative estimate of drug-likeness (QED) is 0.834. The van der Waals surface area contributed by atoms with E-state index in [0.29, 0.717) is 18.1 Å². The van der Waals surface area contributed by atoms with Gasteiger partial charge in [0.25, 0.3) is 0 Å². The highest BCUT2D eigenvalue weighted by atomic mass is 32.2. The minimum atomic E-state index is -2.78. The molecule has 0 saturated carbocycles. The predicted molar refractivity (Wildman–Crippen MR) is 79.3 cm³/mol. The molecule has 19 heavy (non-hydrogen) atoms. The second-order valence-electron chi connectivity index (χ2n) is 4.99. The molecule has 0 radical (unpaired) electrons. The number of nitrogens with zero attached hydrogens (tertiary/aromatic N) is 1. The largest absolute Gasteiger partial charge is 0.385 e. The van der Waals surface area contributed by atoms with Gasteiger partial charge < -0.3 is 10.2 Å². The first-order chi connectivity index (χ1) is 9.16. The molecular formula is C14H22N2O2S. The van der Waals surface area contributed by atoms with Crippen LogP contribution in [0.3, 0.4) is 0 Å². The lowest BCUT2D eigenvalue weighted by Crippen LogP contribution is -2.29. The van der Waals surface area contributed by atoms with Gasteiger partial charge in [0.2, 0.25) is 0 Å². The molecule has 1 aromatic carbocycles. The minimum absolute atomic E-state index is 0.319. The number of anilines is 1. The van der Waals surface area contributed by atoms with E-state index in [0.717, 1.165) is 38.2 Å². The van der Waals surface area contributed by atoms with Crippen LogP contribution in [0.5, 0.6) is 0 Å². The van der Waals surface area contributed by atoms with Crippen LogP contribution >= 0.6 is 0 Å². The molecule has 0 aliphatic carbocycles. The molecule has 1 fully saturated rings. The van der Waals surface area contributed by atoms with E-state index >= 15 is 0 Å². The summed E-state index contributed by atoms with van der Waals surface area (Å²) in [6.07, 6.45) is 1.81. The van der Waals surface area contributed by atoms with E-state index < -0.39 is 9.84 Å². The zero-order valence-electron chi connectivity index (χ0n) is 11.2. The van der Waals surface area contributed by atoms with Crippen LogP contribution in [0, 0.1) is 0 Å². The van der Waals surface area contributed by atoms with Gasteiger partial charge in [-0.3, -0.25) is 0 Å². The van der Waals surface area contributed by atoms with Gasteiger partial charge in [-0.05, 0) is 38.1 Å². The summed E-state index contributed by atoms with van der Waals surface area (Å²) in [7, 11) is -2.78. The molecule has 0 spiro atoms. The Morgan fingerprint density at radius 1 is 1.11 bits per heavy atom. The van der Waals surface area contributed by atoms with Crippen molar-refractivity contribution in [1.29, 1.82) is 0 Å². The molecule has 1 aliphatic rings. The van der Waals surface area contributed by atoms with Crippen LogP contribution in [0.25, 0.3) is 0 Å². The minimum Gasteiger partial charge on any atom is -0.385 e. The van der Waals surface area contributed by atoms with Gasteiger partial charge in [-0.15, -0.1) is 0 Å². The lowest BCUT2D eigenvalue weighted by atomic mass is 10.3. The summed E-state index contributed by atoms with van der Waals surface area (Å²) < 4.78 is 23.0. The molecule has 0 unspecified atom stereocenters. The maximum Gasteiger partial charge on any atom is 0.151 e. The van der Waals surface area contributed by atoms with Crippen molar-refractivity contribution < 1.29 is 8.42 Å². The normalized spacial score (nSPS) is 19.8. The molecular weight excluding hydrogens is 260 g/mol. The Balaban J connectivity index is 1.66. The summed E-state index contributed by atoms with van der Waals surface area (Å²) in [5.41, 5.74) is 1.14. The van der Waals surface area contributed by atoms with Crippen LogP contribution in [0.4, 0.5) is 5.69 Å². The zero-order chi connectivity index (χ0) is 13.6. The summed E-state index contributed by atoms with van der Waals surface area (Å²) in [5.74, 6) is 0.672. The fourth-order valence-corrected chi connectivity index (χ4v) is 3.61. The van der Waals surface area contributed by atoms with E-state index in [1.807, 2.05) is 18.2 Å². The van der Waals surface area contributed by atoms with Gasteiger partial charge in [0.05, 0.1) is 11.5 Å². The van der Waals surface area contributed by atoms with Crippen LogP contribution < -0.4 is 5.32 Å². The number of benzene rings is 1. The van der Waals surface area contributed by atoms with Gasteiger partial charge in [0, 0.05) is 18.8 Å². The van der Waals surface area contributed by atoms with Gasteiger partial charge in [0.15, 0.2) is 9.84 Å². The smallest absolute Gasteiger partial charge is 0.151 e. The van der Waals surface area contributed by atoms with Crippen molar-refractivity contribution in [2.75, 3.05) is 43.0 Å². The highest BCUT2D eigenvalue weighted by Crippen LogP contribution is 2.07. The molecule has 0 bridgehead atoms. The number of nitrogens with one attached hydrogen (secondary N) is 1. The Morgan fingerprint density at radius 2 is 1.89 bits per heavy atom. The molecule has 0 amide bonds. The third-order valence-corrected chi connectivity index (χ3v) is 5.12. The number of para-hydroxylation sites is 1. The van der Waals surface area contributed by atoms with Gasteiger partial charge in [0.1, 0.15) is 0 Å².